The van der Waals surface area contributed by atoms with E-state index >= 15 is 0 Å². The van der Waals surface area contributed by atoms with Crippen LogP contribution in [0.3, 0.4) is 0 Å². The van der Waals surface area contributed by atoms with Crippen LogP contribution in [-0.4, -0.2) is 28.6 Å². The molecule has 0 aromatic heterocycles. The molecule has 2 N–H and O–H groups in total. The highest BCUT2D eigenvalue weighted by Gasteiger charge is 2.17. The average molecular weight is 301 g/mol. The summed E-state index contributed by atoms with van der Waals surface area (Å²) in [6, 6.07) is 11.1. The summed E-state index contributed by atoms with van der Waals surface area (Å²) in [5.74, 6) is 1.04. The normalized spacial score (nSPS) is 18.6. The Morgan fingerprint density at radius 2 is 2.00 bits per heavy atom. The van der Waals surface area contributed by atoms with E-state index in [0.717, 1.165) is 17.2 Å². The summed E-state index contributed by atoms with van der Waals surface area (Å²) in [6.45, 7) is 0.676. The van der Waals surface area contributed by atoms with E-state index in [9.17, 15) is 9.90 Å². The smallest absolute Gasteiger partial charge is 0.255 e. The third-order valence-corrected chi connectivity index (χ3v) is 5.27. The third-order valence-electron chi connectivity index (χ3n) is 3.87. The number of phenols is 1. The second-order valence-electron chi connectivity index (χ2n) is 5.42. The maximum atomic E-state index is 12.3. The molecule has 1 amide bonds. The first kappa shape index (κ1) is 14.3. The van der Waals surface area contributed by atoms with Crippen molar-refractivity contribution in [2.75, 3.05) is 12.3 Å². The van der Waals surface area contributed by atoms with Gasteiger partial charge in [-0.25, -0.2) is 0 Å². The van der Waals surface area contributed by atoms with Crippen LogP contribution in [0.1, 0.15) is 29.6 Å². The monoisotopic (exact) mass is 301 g/mol. The van der Waals surface area contributed by atoms with Crippen LogP contribution in [-0.2, 0) is 0 Å². The van der Waals surface area contributed by atoms with Crippen LogP contribution in [0.5, 0.6) is 5.75 Å². The van der Waals surface area contributed by atoms with Gasteiger partial charge >= 0.3 is 0 Å². The van der Waals surface area contributed by atoms with E-state index in [2.05, 4.69) is 5.32 Å². The van der Waals surface area contributed by atoms with Gasteiger partial charge in [-0.3, -0.25) is 4.79 Å². The Labute approximate surface area is 128 Å². The Morgan fingerprint density at radius 1 is 1.24 bits per heavy atom. The number of hydrogen-bond acceptors (Lipinski definition) is 3. The van der Waals surface area contributed by atoms with E-state index in [1.54, 1.807) is 12.1 Å². The molecule has 0 bridgehead atoms. The molecule has 110 valence electrons. The summed E-state index contributed by atoms with van der Waals surface area (Å²) in [5, 5.41) is 15.4. The first-order chi connectivity index (χ1) is 10.2. The summed E-state index contributed by atoms with van der Waals surface area (Å²) in [7, 11) is 0. The van der Waals surface area contributed by atoms with Crippen molar-refractivity contribution in [1.82, 2.24) is 5.32 Å². The molecule has 1 atom stereocenters. The number of thioether (sulfide) groups is 1. The van der Waals surface area contributed by atoms with Gasteiger partial charge in [0.2, 0.25) is 0 Å². The zero-order valence-corrected chi connectivity index (χ0v) is 12.7. The van der Waals surface area contributed by atoms with E-state index in [1.807, 2.05) is 36.0 Å². The summed E-state index contributed by atoms with van der Waals surface area (Å²) < 4.78 is 0. The number of carbonyl (C=O) groups excluding carboxylic acids is 1. The molecule has 1 aliphatic rings. The van der Waals surface area contributed by atoms with Crippen molar-refractivity contribution >= 4 is 28.4 Å². The molecule has 0 radical (unpaired) electrons. The Hall–Kier alpha value is -1.68. The van der Waals surface area contributed by atoms with Crippen molar-refractivity contribution in [3.63, 3.8) is 0 Å². The third kappa shape index (κ3) is 3.32. The molecule has 0 spiro atoms. The minimum atomic E-state index is -0.190. The maximum absolute atomic E-state index is 12.3. The fourth-order valence-corrected chi connectivity index (χ4v) is 3.92. The van der Waals surface area contributed by atoms with Crippen LogP contribution in [0.15, 0.2) is 36.4 Å². The second-order valence-corrected chi connectivity index (χ2v) is 6.82. The van der Waals surface area contributed by atoms with Crippen molar-refractivity contribution in [2.24, 2.45) is 0 Å². The van der Waals surface area contributed by atoms with E-state index < -0.39 is 0 Å². The largest absolute Gasteiger partial charge is 0.507 e. The molecule has 1 saturated heterocycles. The molecule has 0 saturated carbocycles. The molecule has 0 aliphatic carbocycles. The molecular weight excluding hydrogens is 282 g/mol. The van der Waals surface area contributed by atoms with Crippen molar-refractivity contribution in [2.45, 2.75) is 24.5 Å². The molecule has 3 nitrogen and oxygen atoms in total. The molecule has 21 heavy (non-hydrogen) atoms. The maximum Gasteiger partial charge on any atom is 0.255 e. The Bertz CT molecular complexity index is 650. The average Bonchev–Trinajstić information content (AvgIpc) is 2.53. The lowest BCUT2D eigenvalue weighted by atomic mass is 10.1. The number of nitrogens with one attached hydrogen (secondary N) is 1. The fourth-order valence-electron chi connectivity index (χ4n) is 2.68. The van der Waals surface area contributed by atoms with Gasteiger partial charge in [-0.2, -0.15) is 11.8 Å². The first-order valence-corrected chi connectivity index (χ1v) is 8.40. The van der Waals surface area contributed by atoms with Crippen molar-refractivity contribution < 1.29 is 9.90 Å². The number of fused-ring (bicyclic) bond motifs is 1. The number of rotatable bonds is 3. The molecular formula is C17H19NO2S. The summed E-state index contributed by atoms with van der Waals surface area (Å²) in [4.78, 5) is 12.3. The van der Waals surface area contributed by atoms with Crippen LogP contribution in [0.2, 0.25) is 0 Å². The minimum absolute atomic E-state index is 0.0440. The molecule has 1 aliphatic heterocycles. The number of aromatic hydroxyl groups is 1. The lowest BCUT2D eigenvalue weighted by Gasteiger charge is -2.21. The standard InChI is InChI=1S/C17H19NO2S/c19-16-10-13-6-2-1-5-12(13)9-15(16)17(20)18-11-14-7-3-4-8-21-14/h1-2,5-6,9-10,14,19H,3-4,7-8,11H2,(H,18,20). The predicted octanol–water partition coefficient (Wildman–Crippen LogP) is 3.56. The molecule has 4 heteroatoms. The van der Waals surface area contributed by atoms with E-state index in [0.29, 0.717) is 17.4 Å². The van der Waals surface area contributed by atoms with Crippen molar-refractivity contribution in [3.05, 3.63) is 42.0 Å². The van der Waals surface area contributed by atoms with Crippen LogP contribution >= 0.6 is 11.8 Å². The summed E-state index contributed by atoms with van der Waals surface area (Å²) in [5.41, 5.74) is 0.356. The van der Waals surface area contributed by atoms with Crippen molar-refractivity contribution in [3.8, 4) is 5.75 Å². The van der Waals surface area contributed by atoms with Gasteiger partial charge in [0.1, 0.15) is 5.75 Å². The first-order valence-electron chi connectivity index (χ1n) is 7.35. The molecule has 1 heterocycles. The number of phenolic OH excluding ortho intramolecular Hbond substituents is 1. The van der Waals surface area contributed by atoms with Crippen LogP contribution in [0, 0.1) is 0 Å². The molecule has 3 rings (SSSR count). The van der Waals surface area contributed by atoms with Gasteiger partial charge in [0.25, 0.3) is 5.91 Å². The Kier molecular flexibility index (Phi) is 4.34. The highest BCUT2D eigenvalue weighted by molar-refractivity contribution is 7.99. The van der Waals surface area contributed by atoms with Crippen LogP contribution < -0.4 is 5.32 Å². The van der Waals surface area contributed by atoms with Gasteiger partial charge in [0.05, 0.1) is 5.56 Å². The zero-order chi connectivity index (χ0) is 14.7. The molecule has 2 aromatic rings. The number of hydrogen-bond donors (Lipinski definition) is 2. The second kappa shape index (κ2) is 6.39. The quantitative estimate of drug-likeness (QED) is 0.911. The lowest BCUT2D eigenvalue weighted by Crippen LogP contribution is -2.31. The highest BCUT2D eigenvalue weighted by Crippen LogP contribution is 2.26. The SMILES string of the molecule is O=C(NCC1CCCCS1)c1cc2ccccc2cc1O. The summed E-state index contributed by atoms with van der Waals surface area (Å²) >= 11 is 1.93. The summed E-state index contributed by atoms with van der Waals surface area (Å²) in [6.07, 6.45) is 3.68. The number of amides is 1. The van der Waals surface area contributed by atoms with Gasteiger partial charge in [0.15, 0.2) is 0 Å². The zero-order valence-electron chi connectivity index (χ0n) is 11.8. The molecule has 1 fully saturated rings. The highest BCUT2D eigenvalue weighted by atomic mass is 32.2. The van der Waals surface area contributed by atoms with Gasteiger partial charge in [-0.15, -0.1) is 0 Å². The van der Waals surface area contributed by atoms with E-state index in [-0.39, 0.29) is 11.7 Å². The van der Waals surface area contributed by atoms with Crippen LogP contribution in [0.4, 0.5) is 0 Å². The van der Waals surface area contributed by atoms with Gasteiger partial charge in [-0.1, -0.05) is 30.7 Å². The topological polar surface area (TPSA) is 49.3 Å². The number of carbonyl (C=O) groups is 1. The number of benzene rings is 2. The minimum Gasteiger partial charge on any atom is -0.507 e. The lowest BCUT2D eigenvalue weighted by molar-refractivity contribution is 0.0951. The van der Waals surface area contributed by atoms with Crippen molar-refractivity contribution in [1.29, 1.82) is 0 Å². The van der Waals surface area contributed by atoms with Gasteiger partial charge in [0, 0.05) is 11.8 Å². The predicted molar refractivity (Wildman–Crippen MR) is 88.0 cm³/mol. The van der Waals surface area contributed by atoms with Gasteiger partial charge < -0.3 is 10.4 Å². The Balaban J connectivity index is 1.73. The van der Waals surface area contributed by atoms with Gasteiger partial charge in [-0.05, 0) is 41.5 Å². The van der Waals surface area contributed by atoms with E-state index in [1.165, 1.54) is 18.6 Å². The molecule has 1 unspecified atom stereocenters. The van der Waals surface area contributed by atoms with Crippen LogP contribution in [0.25, 0.3) is 10.8 Å². The molecule has 2 aromatic carbocycles. The fraction of sp³-hybridized carbons (Fsp3) is 0.353. The van der Waals surface area contributed by atoms with E-state index in [4.69, 9.17) is 0 Å². The Morgan fingerprint density at radius 3 is 2.71 bits per heavy atom.